The van der Waals surface area contributed by atoms with Crippen molar-refractivity contribution in [3.63, 3.8) is 0 Å². The summed E-state index contributed by atoms with van der Waals surface area (Å²) in [5.41, 5.74) is 2.05. The Balaban J connectivity index is 2.53. The first-order valence-electron chi connectivity index (χ1n) is 5.97. The molecule has 0 saturated carbocycles. The maximum atomic E-state index is 5.29. The van der Waals surface area contributed by atoms with E-state index in [1.165, 1.54) is 0 Å². The van der Waals surface area contributed by atoms with Crippen molar-refractivity contribution in [2.24, 2.45) is 0 Å². The van der Waals surface area contributed by atoms with E-state index in [-0.39, 0.29) is 0 Å². The Labute approximate surface area is 126 Å². The summed E-state index contributed by atoms with van der Waals surface area (Å²) < 4.78 is 6.60. The van der Waals surface area contributed by atoms with Crippen LogP contribution in [0.4, 0.5) is 0 Å². The monoisotopic (exact) mass is 338 g/mol. The van der Waals surface area contributed by atoms with E-state index in [1.54, 1.807) is 7.11 Å². The van der Waals surface area contributed by atoms with Crippen molar-refractivity contribution >= 4 is 28.1 Å². The molecule has 5 heteroatoms. The smallest absolute Gasteiger partial charge is 0.144 e. The number of methoxy groups -OCH3 is 1. The largest absolute Gasteiger partial charge is 0.497 e. The molecule has 0 amide bonds. The quantitative estimate of drug-likeness (QED) is 0.824. The Kier molecular flexibility index (Phi) is 4.37. The van der Waals surface area contributed by atoms with Crippen LogP contribution in [0.2, 0.25) is 0 Å². The van der Waals surface area contributed by atoms with Crippen LogP contribution in [0, 0.1) is 4.64 Å². The SMILES string of the molecule is COc1ccc(-c2nc(=S)c(Br)c(C(C)C)[nH]2)cc1. The highest BCUT2D eigenvalue weighted by Crippen LogP contribution is 2.27. The molecular formula is C14H15BrN2OS. The fourth-order valence-corrected chi connectivity index (χ4v) is 2.61. The molecule has 1 aromatic carbocycles. The fraction of sp³-hybridized carbons (Fsp3) is 0.286. The zero-order chi connectivity index (χ0) is 14.0. The lowest BCUT2D eigenvalue weighted by atomic mass is 10.1. The average molecular weight is 339 g/mol. The van der Waals surface area contributed by atoms with Crippen LogP contribution in [0.15, 0.2) is 28.7 Å². The van der Waals surface area contributed by atoms with E-state index in [0.29, 0.717) is 10.6 Å². The second-order valence-corrected chi connectivity index (χ2v) is 5.68. The highest BCUT2D eigenvalue weighted by Gasteiger charge is 2.10. The second kappa shape index (κ2) is 5.84. The molecule has 2 aromatic rings. The standard InChI is InChI=1S/C14H15BrN2OS/c1-8(2)12-11(15)14(19)17-13(16-12)9-4-6-10(18-3)7-5-9/h4-8H,1-3H3,(H,16,17,19). The summed E-state index contributed by atoms with van der Waals surface area (Å²) in [7, 11) is 1.65. The molecule has 0 radical (unpaired) electrons. The molecule has 19 heavy (non-hydrogen) atoms. The van der Waals surface area contributed by atoms with Crippen molar-refractivity contribution in [1.29, 1.82) is 0 Å². The number of ether oxygens (including phenoxy) is 1. The molecule has 0 spiro atoms. The molecule has 2 rings (SSSR count). The molecule has 0 atom stereocenters. The van der Waals surface area contributed by atoms with Crippen LogP contribution in [0.1, 0.15) is 25.5 Å². The zero-order valence-electron chi connectivity index (χ0n) is 11.0. The highest BCUT2D eigenvalue weighted by molar-refractivity contribution is 9.10. The number of nitrogens with one attached hydrogen (secondary N) is 1. The third kappa shape index (κ3) is 3.04. The molecule has 0 fully saturated rings. The summed E-state index contributed by atoms with van der Waals surface area (Å²) in [5.74, 6) is 1.94. The number of hydrogen-bond donors (Lipinski definition) is 1. The van der Waals surface area contributed by atoms with Crippen molar-refractivity contribution < 1.29 is 4.74 Å². The predicted octanol–water partition coefficient (Wildman–Crippen LogP) is 4.70. The summed E-state index contributed by atoms with van der Waals surface area (Å²) in [6.07, 6.45) is 0. The van der Waals surface area contributed by atoms with Gasteiger partial charge in [-0.05, 0) is 46.1 Å². The van der Waals surface area contributed by atoms with E-state index in [9.17, 15) is 0 Å². The van der Waals surface area contributed by atoms with Crippen molar-refractivity contribution in [2.75, 3.05) is 7.11 Å². The van der Waals surface area contributed by atoms with E-state index in [1.807, 2.05) is 24.3 Å². The van der Waals surface area contributed by atoms with Gasteiger partial charge in [0.1, 0.15) is 16.2 Å². The van der Waals surface area contributed by atoms with Gasteiger partial charge in [0.15, 0.2) is 0 Å². The van der Waals surface area contributed by atoms with Gasteiger partial charge in [-0.25, -0.2) is 4.98 Å². The maximum absolute atomic E-state index is 5.29. The molecule has 0 saturated heterocycles. The van der Waals surface area contributed by atoms with Gasteiger partial charge in [-0.15, -0.1) is 0 Å². The minimum absolute atomic E-state index is 0.344. The van der Waals surface area contributed by atoms with Crippen molar-refractivity contribution in [1.82, 2.24) is 9.97 Å². The third-order valence-corrected chi connectivity index (χ3v) is 4.19. The van der Waals surface area contributed by atoms with Crippen molar-refractivity contribution in [3.05, 3.63) is 39.1 Å². The number of aromatic nitrogens is 2. The van der Waals surface area contributed by atoms with Crippen molar-refractivity contribution in [3.8, 4) is 17.1 Å². The van der Waals surface area contributed by atoms with Gasteiger partial charge in [0.2, 0.25) is 0 Å². The highest BCUT2D eigenvalue weighted by atomic mass is 79.9. The molecule has 0 aliphatic heterocycles. The number of hydrogen-bond acceptors (Lipinski definition) is 3. The molecule has 1 aromatic heterocycles. The summed E-state index contributed by atoms with van der Waals surface area (Å²) in [5, 5.41) is 0. The number of nitrogens with zero attached hydrogens (tertiary/aromatic N) is 1. The minimum atomic E-state index is 0.344. The molecule has 0 unspecified atom stereocenters. The molecule has 0 aliphatic carbocycles. The predicted molar refractivity (Wildman–Crippen MR) is 83.2 cm³/mol. The Morgan fingerprint density at radius 3 is 2.42 bits per heavy atom. The van der Waals surface area contributed by atoms with E-state index in [4.69, 9.17) is 17.0 Å². The maximum Gasteiger partial charge on any atom is 0.144 e. The zero-order valence-corrected chi connectivity index (χ0v) is 13.4. The van der Waals surface area contributed by atoms with Gasteiger partial charge in [0.25, 0.3) is 0 Å². The molecular weight excluding hydrogens is 324 g/mol. The Morgan fingerprint density at radius 2 is 1.89 bits per heavy atom. The van der Waals surface area contributed by atoms with Gasteiger partial charge in [0.05, 0.1) is 11.6 Å². The van der Waals surface area contributed by atoms with Gasteiger partial charge < -0.3 is 9.72 Å². The Hall–Kier alpha value is -1.20. The first-order chi connectivity index (χ1) is 9.02. The lowest BCUT2D eigenvalue weighted by Gasteiger charge is -2.11. The summed E-state index contributed by atoms with van der Waals surface area (Å²) in [6.45, 7) is 4.23. The fourth-order valence-electron chi connectivity index (χ4n) is 1.76. The molecule has 0 bridgehead atoms. The number of aromatic amines is 1. The van der Waals surface area contributed by atoms with Gasteiger partial charge in [-0.1, -0.05) is 26.1 Å². The van der Waals surface area contributed by atoms with Gasteiger partial charge in [-0.2, -0.15) is 0 Å². The molecule has 0 aliphatic rings. The lowest BCUT2D eigenvalue weighted by molar-refractivity contribution is 0.415. The number of benzene rings is 1. The van der Waals surface area contributed by atoms with E-state index < -0.39 is 0 Å². The summed E-state index contributed by atoms with van der Waals surface area (Å²) in [4.78, 5) is 7.75. The van der Waals surface area contributed by atoms with Crippen LogP contribution in [-0.2, 0) is 0 Å². The van der Waals surface area contributed by atoms with Crippen LogP contribution in [0.3, 0.4) is 0 Å². The molecule has 1 N–H and O–H groups in total. The number of rotatable bonds is 3. The first kappa shape index (κ1) is 14.2. The number of H-pyrrole nitrogens is 1. The first-order valence-corrected chi connectivity index (χ1v) is 7.17. The minimum Gasteiger partial charge on any atom is -0.497 e. The van der Waals surface area contributed by atoms with Crippen LogP contribution >= 0.6 is 28.1 Å². The lowest BCUT2D eigenvalue weighted by Crippen LogP contribution is -2.00. The summed E-state index contributed by atoms with van der Waals surface area (Å²) >= 11 is 8.79. The van der Waals surface area contributed by atoms with E-state index in [0.717, 1.165) is 27.3 Å². The van der Waals surface area contributed by atoms with Gasteiger partial charge >= 0.3 is 0 Å². The molecule has 3 nitrogen and oxygen atoms in total. The van der Waals surface area contributed by atoms with Crippen LogP contribution in [-0.4, -0.2) is 17.1 Å². The molecule has 1 heterocycles. The normalized spacial score (nSPS) is 10.8. The number of halogens is 1. The average Bonchev–Trinajstić information content (AvgIpc) is 2.41. The van der Waals surface area contributed by atoms with Crippen LogP contribution in [0.5, 0.6) is 5.75 Å². The third-order valence-electron chi connectivity index (χ3n) is 2.83. The van der Waals surface area contributed by atoms with Gasteiger partial charge in [-0.3, -0.25) is 0 Å². The van der Waals surface area contributed by atoms with Crippen LogP contribution < -0.4 is 4.74 Å². The second-order valence-electron chi connectivity index (χ2n) is 4.50. The van der Waals surface area contributed by atoms with Gasteiger partial charge in [0, 0.05) is 11.3 Å². The topological polar surface area (TPSA) is 37.9 Å². The Bertz CT molecular complexity index is 635. The van der Waals surface area contributed by atoms with E-state index >= 15 is 0 Å². The molecule has 100 valence electrons. The Morgan fingerprint density at radius 1 is 1.26 bits per heavy atom. The van der Waals surface area contributed by atoms with E-state index in [2.05, 4.69) is 39.7 Å². The van der Waals surface area contributed by atoms with Crippen LogP contribution in [0.25, 0.3) is 11.4 Å². The van der Waals surface area contributed by atoms with Crippen molar-refractivity contribution in [2.45, 2.75) is 19.8 Å². The summed E-state index contributed by atoms with van der Waals surface area (Å²) in [6, 6.07) is 7.74.